The monoisotopic (exact) mass is 281 g/mol. The smallest absolute Gasteiger partial charge is 0.130 e. The lowest BCUT2D eigenvalue weighted by atomic mass is 10.1. The molecule has 0 fully saturated rings. The zero-order valence-corrected chi connectivity index (χ0v) is 10.7. The van der Waals surface area contributed by atoms with Crippen LogP contribution in [0.15, 0.2) is 42.5 Å². The molecule has 106 valence electrons. The molecule has 0 aliphatic rings. The zero-order chi connectivity index (χ0) is 14.5. The summed E-state index contributed by atoms with van der Waals surface area (Å²) in [5, 5.41) is 0. The summed E-state index contributed by atoms with van der Waals surface area (Å²) in [4.78, 5) is 0. The average molecular weight is 281 g/mol. The van der Waals surface area contributed by atoms with Crippen molar-refractivity contribution in [2.45, 2.75) is 12.6 Å². The van der Waals surface area contributed by atoms with Gasteiger partial charge in [-0.15, -0.1) is 0 Å². The van der Waals surface area contributed by atoms with Crippen LogP contribution >= 0.6 is 0 Å². The Morgan fingerprint density at radius 2 is 1.75 bits per heavy atom. The molecule has 0 heterocycles. The largest absolute Gasteiger partial charge is 0.375 e. The molecule has 0 aliphatic heterocycles. The maximum absolute atomic E-state index is 13.5. The summed E-state index contributed by atoms with van der Waals surface area (Å²) in [5.74, 6) is -1.74. The first kappa shape index (κ1) is 14.6. The van der Waals surface area contributed by atoms with Crippen LogP contribution in [0.4, 0.5) is 13.2 Å². The SMILES string of the molecule is NC(COCc1ccccc1F)c1ccc(F)cc1F. The van der Waals surface area contributed by atoms with Crippen molar-refractivity contribution >= 4 is 0 Å². The maximum atomic E-state index is 13.5. The van der Waals surface area contributed by atoms with Crippen molar-refractivity contribution in [3.63, 3.8) is 0 Å². The Morgan fingerprint density at radius 3 is 2.45 bits per heavy atom. The molecule has 1 unspecified atom stereocenters. The van der Waals surface area contributed by atoms with Gasteiger partial charge in [0.05, 0.1) is 19.3 Å². The molecule has 0 bridgehead atoms. The first-order valence-corrected chi connectivity index (χ1v) is 6.09. The van der Waals surface area contributed by atoms with Gasteiger partial charge in [-0.05, 0) is 12.1 Å². The molecule has 0 aromatic heterocycles. The molecule has 0 spiro atoms. The maximum Gasteiger partial charge on any atom is 0.130 e. The van der Waals surface area contributed by atoms with Gasteiger partial charge < -0.3 is 10.5 Å². The minimum absolute atomic E-state index is 0.0108. The highest BCUT2D eigenvalue weighted by molar-refractivity contribution is 5.22. The average Bonchev–Trinajstić information content (AvgIpc) is 2.40. The van der Waals surface area contributed by atoms with Gasteiger partial charge in [0, 0.05) is 17.2 Å². The fourth-order valence-electron chi connectivity index (χ4n) is 1.80. The molecular formula is C15H14F3NO. The molecular weight excluding hydrogens is 267 g/mol. The molecule has 0 radical (unpaired) electrons. The van der Waals surface area contributed by atoms with E-state index in [-0.39, 0.29) is 24.6 Å². The van der Waals surface area contributed by atoms with Crippen LogP contribution in [0.2, 0.25) is 0 Å². The Bertz CT molecular complexity index is 589. The van der Waals surface area contributed by atoms with E-state index in [0.717, 1.165) is 12.1 Å². The van der Waals surface area contributed by atoms with Gasteiger partial charge in [0.25, 0.3) is 0 Å². The molecule has 20 heavy (non-hydrogen) atoms. The second-order valence-corrected chi connectivity index (χ2v) is 4.38. The first-order valence-electron chi connectivity index (χ1n) is 6.09. The second kappa shape index (κ2) is 6.54. The van der Waals surface area contributed by atoms with Crippen LogP contribution in [0.5, 0.6) is 0 Å². The van der Waals surface area contributed by atoms with E-state index < -0.39 is 17.7 Å². The summed E-state index contributed by atoms with van der Waals surface area (Å²) in [5.41, 5.74) is 6.34. The highest BCUT2D eigenvalue weighted by Gasteiger charge is 2.12. The van der Waals surface area contributed by atoms with Crippen LogP contribution < -0.4 is 5.73 Å². The van der Waals surface area contributed by atoms with Crippen molar-refractivity contribution in [3.8, 4) is 0 Å². The van der Waals surface area contributed by atoms with E-state index in [0.29, 0.717) is 5.56 Å². The van der Waals surface area contributed by atoms with Crippen molar-refractivity contribution < 1.29 is 17.9 Å². The summed E-state index contributed by atoms with van der Waals surface area (Å²) in [6.45, 7) is 0.0556. The third-order valence-electron chi connectivity index (χ3n) is 2.87. The molecule has 0 amide bonds. The molecule has 2 aromatic rings. The summed E-state index contributed by atoms with van der Waals surface area (Å²) in [6.07, 6.45) is 0. The van der Waals surface area contributed by atoms with Gasteiger partial charge in [-0.1, -0.05) is 24.3 Å². The van der Waals surface area contributed by atoms with Gasteiger partial charge in [0.15, 0.2) is 0 Å². The van der Waals surface area contributed by atoms with Gasteiger partial charge in [0.1, 0.15) is 17.5 Å². The van der Waals surface area contributed by atoms with Crippen molar-refractivity contribution in [3.05, 3.63) is 71.0 Å². The van der Waals surface area contributed by atoms with Crippen LogP contribution in [0.25, 0.3) is 0 Å². The van der Waals surface area contributed by atoms with Crippen molar-refractivity contribution in [1.29, 1.82) is 0 Å². The van der Waals surface area contributed by atoms with Crippen LogP contribution in [0.3, 0.4) is 0 Å². The van der Waals surface area contributed by atoms with E-state index >= 15 is 0 Å². The van der Waals surface area contributed by atoms with Crippen molar-refractivity contribution in [2.75, 3.05) is 6.61 Å². The fraction of sp³-hybridized carbons (Fsp3) is 0.200. The minimum Gasteiger partial charge on any atom is -0.375 e. The number of hydrogen-bond donors (Lipinski definition) is 1. The number of halogens is 3. The van der Waals surface area contributed by atoms with Gasteiger partial charge in [0.2, 0.25) is 0 Å². The quantitative estimate of drug-likeness (QED) is 0.912. The second-order valence-electron chi connectivity index (χ2n) is 4.38. The number of ether oxygens (including phenoxy) is 1. The molecule has 2 aromatic carbocycles. The number of hydrogen-bond acceptors (Lipinski definition) is 2. The van der Waals surface area contributed by atoms with Gasteiger partial charge in [-0.3, -0.25) is 0 Å². The lowest BCUT2D eigenvalue weighted by Crippen LogP contribution is -2.18. The number of benzene rings is 2. The number of rotatable bonds is 5. The van der Waals surface area contributed by atoms with Crippen LogP contribution in [-0.4, -0.2) is 6.61 Å². The standard InChI is InChI=1S/C15H14F3NO/c16-11-5-6-12(14(18)7-11)15(19)9-20-8-10-3-1-2-4-13(10)17/h1-7,15H,8-9,19H2. The Morgan fingerprint density at radius 1 is 1.00 bits per heavy atom. The summed E-state index contributed by atoms with van der Waals surface area (Å²) >= 11 is 0. The first-order chi connectivity index (χ1) is 9.58. The fourth-order valence-corrected chi connectivity index (χ4v) is 1.80. The minimum atomic E-state index is -0.734. The molecule has 2 nitrogen and oxygen atoms in total. The molecule has 5 heteroatoms. The Hall–Kier alpha value is -1.85. The molecule has 2 rings (SSSR count). The Kier molecular flexibility index (Phi) is 4.76. The predicted molar refractivity (Wildman–Crippen MR) is 69.3 cm³/mol. The van der Waals surface area contributed by atoms with E-state index in [1.54, 1.807) is 18.2 Å². The van der Waals surface area contributed by atoms with E-state index in [4.69, 9.17) is 10.5 Å². The molecule has 0 saturated carbocycles. The van der Waals surface area contributed by atoms with Gasteiger partial charge in [-0.2, -0.15) is 0 Å². The van der Waals surface area contributed by atoms with E-state index in [2.05, 4.69) is 0 Å². The Labute approximate surface area is 115 Å². The molecule has 0 aliphatic carbocycles. The molecule has 0 saturated heterocycles. The highest BCUT2D eigenvalue weighted by Crippen LogP contribution is 2.17. The van der Waals surface area contributed by atoms with Crippen LogP contribution in [0, 0.1) is 17.5 Å². The highest BCUT2D eigenvalue weighted by atomic mass is 19.1. The van der Waals surface area contributed by atoms with E-state index in [1.807, 2.05) is 0 Å². The Balaban J connectivity index is 1.92. The van der Waals surface area contributed by atoms with Crippen molar-refractivity contribution in [2.24, 2.45) is 5.73 Å². The topological polar surface area (TPSA) is 35.2 Å². The number of nitrogens with two attached hydrogens (primary N) is 1. The molecule has 1 atom stereocenters. The third-order valence-corrected chi connectivity index (χ3v) is 2.87. The summed E-state index contributed by atoms with van der Waals surface area (Å²) in [7, 11) is 0. The van der Waals surface area contributed by atoms with Gasteiger partial charge in [-0.25, -0.2) is 13.2 Å². The molecule has 2 N–H and O–H groups in total. The van der Waals surface area contributed by atoms with E-state index in [1.165, 1.54) is 12.1 Å². The predicted octanol–water partition coefficient (Wildman–Crippen LogP) is 3.32. The van der Waals surface area contributed by atoms with Gasteiger partial charge >= 0.3 is 0 Å². The third kappa shape index (κ3) is 3.59. The summed E-state index contributed by atoms with van der Waals surface area (Å²) in [6, 6.07) is 8.66. The van der Waals surface area contributed by atoms with Crippen LogP contribution in [-0.2, 0) is 11.3 Å². The summed E-state index contributed by atoms with van der Waals surface area (Å²) < 4.78 is 44.9. The zero-order valence-electron chi connectivity index (χ0n) is 10.7. The van der Waals surface area contributed by atoms with Crippen molar-refractivity contribution in [1.82, 2.24) is 0 Å². The lowest BCUT2D eigenvalue weighted by Gasteiger charge is -2.13. The normalized spacial score (nSPS) is 12.4. The lowest BCUT2D eigenvalue weighted by molar-refractivity contribution is 0.105. The van der Waals surface area contributed by atoms with E-state index in [9.17, 15) is 13.2 Å². The van der Waals surface area contributed by atoms with Crippen LogP contribution in [0.1, 0.15) is 17.2 Å².